The number of hydrogen-bond acceptors (Lipinski definition) is 4. The lowest BCUT2D eigenvalue weighted by Crippen LogP contribution is -2.33. The molecule has 2 aromatic carbocycles. The molecule has 1 aliphatic heterocycles. The first-order chi connectivity index (χ1) is 16.5. The van der Waals surface area contributed by atoms with Crippen LogP contribution in [0.3, 0.4) is 0 Å². The topological polar surface area (TPSA) is 38.1 Å². The Hall–Kier alpha value is -2.77. The van der Waals surface area contributed by atoms with Gasteiger partial charge in [0, 0.05) is 23.9 Å². The molecule has 0 saturated carbocycles. The molecular formula is C27H28FN3OS2. The summed E-state index contributed by atoms with van der Waals surface area (Å²) in [6.07, 6.45) is 8.18. The summed E-state index contributed by atoms with van der Waals surface area (Å²) in [6, 6.07) is 16.0. The molecule has 1 aliphatic rings. The largest absolute Gasteiger partial charge is 0.293 e. The minimum absolute atomic E-state index is 0.0533. The number of carbonyl (C=O) groups excluding carboxylic acids is 1. The van der Waals surface area contributed by atoms with Gasteiger partial charge in [0.2, 0.25) is 0 Å². The first-order valence-electron chi connectivity index (χ1n) is 11.7. The predicted octanol–water partition coefficient (Wildman–Crippen LogP) is 7.10. The Bertz CT molecular complexity index is 1190. The molecule has 1 amide bonds. The molecule has 4 nitrogen and oxygen atoms in total. The number of hydrogen-bond donors (Lipinski definition) is 0. The van der Waals surface area contributed by atoms with Crippen molar-refractivity contribution in [1.29, 1.82) is 0 Å². The van der Waals surface area contributed by atoms with Gasteiger partial charge in [-0.1, -0.05) is 75.3 Å². The Morgan fingerprint density at radius 1 is 1.12 bits per heavy atom. The maximum Gasteiger partial charge on any atom is 0.266 e. The molecule has 2 heterocycles. The second-order valence-corrected chi connectivity index (χ2v) is 10.1. The lowest BCUT2D eigenvalue weighted by atomic mass is 9.99. The summed E-state index contributed by atoms with van der Waals surface area (Å²) in [5.74, 6) is 0.0853. The number of unbranched alkanes of at least 4 members (excludes halogenated alkanes) is 1. The molecule has 0 aliphatic carbocycles. The molecule has 4 rings (SSSR count). The average molecular weight is 494 g/mol. The molecule has 0 bridgehead atoms. The van der Waals surface area contributed by atoms with Crippen molar-refractivity contribution >= 4 is 40.3 Å². The van der Waals surface area contributed by atoms with Crippen molar-refractivity contribution in [3.8, 4) is 16.9 Å². The summed E-state index contributed by atoms with van der Waals surface area (Å²) in [7, 11) is 0. The van der Waals surface area contributed by atoms with Crippen molar-refractivity contribution < 1.29 is 9.18 Å². The van der Waals surface area contributed by atoms with Crippen LogP contribution in [0, 0.1) is 11.7 Å². The Labute approximate surface area is 209 Å². The van der Waals surface area contributed by atoms with Crippen LogP contribution in [0.25, 0.3) is 23.0 Å². The quantitative estimate of drug-likeness (QED) is 0.235. The third-order valence-corrected chi connectivity index (χ3v) is 7.40. The first-order valence-corrected chi connectivity index (χ1v) is 12.9. The number of thioether (sulfide) groups is 1. The molecule has 34 heavy (non-hydrogen) atoms. The van der Waals surface area contributed by atoms with E-state index in [-0.39, 0.29) is 11.7 Å². The summed E-state index contributed by atoms with van der Waals surface area (Å²) in [5.41, 5.74) is 3.15. The zero-order valence-electron chi connectivity index (χ0n) is 19.4. The Kier molecular flexibility index (Phi) is 7.95. The van der Waals surface area contributed by atoms with Gasteiger partial charge >= 0.3 is 0 Å². The summed E-state index contributed by atoms with van der Waals surface area (Å²) in [6.45, 7) is 5.01. The molecule has 1 atom stereocenters. The van der Waals surface area contributed by atoms with Crippen molar-refractivity contribution in [2.45, 2.75) is 39.5 Å². The number of para-hydroxylation sites is 1. The third kappa shape index (κ3) is 5.47. The summed E-state index contributed by atoms with van der Waals surface area (Å²) in [4.78, 5) is 15.6. The SMILES string of the molecule is CCCC[C@H](CC)CN1C(=O)/C(=C\c2cn(-c3ccccc3)nc2-c2ccc(F)cc2)SC1=S. The normalized spacial score (nSPS) is 16.0. The number of thiocarbonyl (C=S) groups is 1. The van der Waals surface area contributed by atoms with Crippen LogP contribution in [-0.4, -0.2) is 31.5 Å². The van der Waals surface area contributed by atoms with Gasteiger partial charge in [-0.25, -0.2) is 9.07 Å². The van der Waals surface area contributed by atoms with Crippen LogP contribution in [-0.2, 0) is 4.79 Å². The fourth-order valence-electron chi connectivity index (χ4n) is 4.01. The number of carbonyl (C=O) groups is 1. The van der Waals surface area contributed by atoms with Crippen LogP contribution in [0.15, 0.2) is 65.7 Å². The van der Waals surface area contributed by atoms with Crippen LogP contribution in [0.4, 0.5) is 4.39 Å². The molecular weight excluding hydrogens is 465 g/mol. The van der Waals surface area contributed by atoms with Gasteiger partial charge in [-0.05, 0) is 54.8 Å². The Morgan fingerprint density at radius 3 is 2.53 bits per heavy atom. The standard InChI is InChI=1S/C27H28FN3OS2/c1-3-5-9-19(4-2)17-30-26(32)24(34-27(30)33)16-21-18-31(23-10-7-6-8-11-23)29-25(21)20-12-14-22(28)15-13-20/h6-8,10-16,18-19H,3-5,9,17H2,1-2H3/b24-16+/t19-/m0/s1. The molecule has 0 radical (unpaired) electrons. The molecule has 3 aromatic rings. The van der Waals surface area contributed by atoms with Crippen molar-refractivity contribution in [3.63, 3.8) is 0 Å². The van der Waals surface area contributed by atoms with Gasteiger partial charge < -0.3 is 0 Å². The summed E-state index contributed by atoms with van der Waals surface area (Å²) < 4.78 is 15.9. The number of aromatic nitrogens is 2. The highest BCUT2D eigenvalue weighted by Crippen LogP contribution is 2.36. The van der Waals surface area contributed by atoms with E-state index in [1.807, 2.05) is 42.6 Å². The maximum atomic E-state index is 13.5. The van der Waals surface area contributed by atoms with Crippen LogP contribution in [0.2, 0.25) is 0 Å². The third-order valence-electron chi connectivity index (χ3n) is 6.03. The lowest BCUT2D eigenvalue weighted by molar-refractivity contribution is -0.122. The van der Waals surface area contributed by atoms with Crippen LogP contribution < -0.4 is 0 Å². The van der Waals surface area contributed by atoms with E-state index < -0.39 is 0 Å². The second kappa shape index (κ2) is 11.1. The van der Waals surface area contributed by atoms with E-state index in [0.717, 1.165) is 42.5 Å². The number of rotatable bonds is 9. The molecule has 1 saturated heterocycles. The maximum absolute atomic E-state index is 13.5. The smallest absolute Gasteiger partial charge is 0.266 e. The molecule has 0 spiro atoms. The van der Waals surface area contributed by atoms with Crippen LogP contribution in [0.5, 0.6) is 0 Å². The predicted molar refractivity (Wildman–Crippen MR) is 142 cm³/mol. The van der Waals surface area contributed by atoms with E-state index in [9.17, 15) is 9.18 Å². The fourth-order valence-corrected chi connectivity index (χ4v) is 5.28. The number of nitrogens with zero attached hydrogens (tertiary/aromatic N) is 3. The highest BCUT2D eigenvalue weighted by molar-refractivity contribution is 8.26. The molecule has 7 heteroatoms. The molecule has 1 aromatic heterocycles. The fraction of sp³-hybridized carbons (Fsp3) is 0.296. The van der Waals surface area contributed by atoms with Gasteiger partial charge in [-0.15, -0.1) is 0 Å². The van der Waals surface area contributed by atoms with E-state index in [1.165, 1.54) is 23.9 Å². The highest BCUT2D eigenvalue weighted by atomic mass is 32.2. The Morgan fingerprint density at radius 2 is 1.85 bits per heavy atom. The van der Waals surface area contributed by atoms with Crippen LogP contribution >= 0.6 is 24.0 Å². The van der Waals surface area contributed by atoms with E-state index in [1.54, 1.807) is 21.7 Å². The van der Waals surface area contributed by atoms with E-state index in [4.69, 9.17) is 17.3 Å². The molecule has 0 N–H and O–H groups in total. The minimum Gasteiger partial charge on any atom is -0.293 e. The molecule has 1 fully saturated rings. The van der Waals surface area contributed by atoms with Gasteiger partial charge in [0.25, 0.3) is 5.91 Å². The number of amides is 1. The van der Waals surface area contributed by atoms with Crippen LogP contribution in [0.1, 0.15) is 45.1 Å². The molecule has 0 unspecified atom stereocenters. The lowest BCUT2D eigenvalue weighted by Gasteiger charge is -2.21. The van der Waals surface area contributed by atoms with Gasteiger partial charge in [0.1, 0.15) is 10.1 Å². The zero-order chi connectivity index (χ0) is 24.1. The van der Waals surface area contributed by atoms with E-state index in [2.05, 4.69) is 13.8 Å². The van der Waals surface area contributed by atoms with Crippen molar-refractivity contribution in [1.82, 2.24) is 14.7 Å². The monoisotopic (exact) mass is 493 g/mol. The van der Waals surface area contributed by atoms with E-state index >= 15 is 0 Å². The van der Waals surface area contributed by atoms with Crippen molar-refractivity contribution in [2.24, 2.45) is 5.92 Å². The second-order valence-electron chi connectivity index (χ2n) is 8.43. The number of benzene rings is 2. The van der Waals surface area contributed by atoms with Gasteiger partial charge in [0.05, 0.1) is 16.3 Å². The first kappa shape index (κ1) is 24.4. The van der Waals surface area contributed by atoms with Crippen molar-refractivity contribution in [2.75, 3.05) is 6.54 Å². The van der Waals surface area contributed by atoms with Gasteiger partial charge in [0.15, 0.2) is 0 Å². The van der Waals surface area contributed by atoms with Crippen molar-refractivity contribution in [3.05, 3.63) is 77.1 Å². The summed E-state index contributed by atoms with van der Waals surface area (Å²) >= 11 is 6.91. The van der Waals surface area contributed by atoms with Gasteiger partial charge in [-0.2, -0.15) is 5.10 Å². The average Bonchev–Trinajstić information content (AvgIpc) is 3.39. The number of halogens is 1. The summed E-state index contributed by atoms with van der Waals surface area (Å²) in [5, 5.41) is 4.76. The highest BCUT2D eigenvalue weighted by Gasteiger charge is 2.33. The van der Waals surface area contributed by atoms with E-state index in [0.29, 0.717) is 27.4 Å². The zero-order valence-corrected chi connectivity index (χ0v) is 21.0. The minimum atomic E-state index is -0.304. The molecule has 176 valence electrons. The van der Waals surface area contributed by atoms with Gasteiger partial charge in [-0.3, -0.25) is 9.69 Å². The Balaban J connectivity index is 1.67.